The van der Waals surface area contributed by atoms with Gasteiger partial charge in [0.05, 0.1) is 5.92 Å². The van der Waals surface area contributed by atoms with Crippen LogP contribution in [0.4, 0.5) is 0 Å². The van der Waals surface area contributed by atoms with Crippen molar-refractivity contribution < 1.29 is 19.7 Å². The zero-order valence-corrected chi connectivity index (χ0v) is 13.9. The number of carbonyl (C=O) groups is 1. The van der Waals surface area contributed by atoms with Crippen molar-refractivity contribution in [2.24, 2.45) is 5.92 Å². The first-order valence-electron chi connectivity index (χ1n) is 7.97. The van der Waals surface area contributed by atoms with Crippen LogP contribution in [0.25, 0.3) is 0 Å². The number of aryl methyl sites for hydroxylation is 1. The van der Waals surface area contributed by atoms with Crippen LogP contribution in [-0.2, 0) is 11.2 Å². The average Bonchev–Trinajstić information content (AvgIpc) is 2.46. The fourth-order valence-electron chi connectivity index (χ4n) is 3.05. The van der Waals surface area contributed by atoms with Crippen LogP contribution in [0.2, 0.25) is 0 Å². The largest absolute Gasteiger partial charge is 0.508 e. The molecule has 2 N–H and O–H groups in total. The zero-order chi connectivity index (χ0) is 16.5. The summed E-state index contributed by atoms with van der Waals surface area (Å²) in [5.74, 6) is 0.191. The Bertz CT molecular complexity index is 579. The topological polar surface area (TPSA) is 66.8 Å². The molecule has 0 saturated carbocycles. The van der Waals surface area contributed by atoms with Gasteiger partial charge in [-0.2, -0.15) is 0 Å². The fraction of sp³-hybridized carbons (Fsp3) is 0.611. The summed E-state index contributed by atoms with van der Waals surface area (Å²) in [5, 5.41) is 18.9. The molecule has 0 radical (unpaired) electrons. The standard InChI is InChI=1S/C18H26O4/c1-11(17(20)21)6-5-8-18(4)9-7-14-10-15(19)12(2)13(3)16(14)22-18/h10-11,19H,5-9H2,1-4H3,(H,20,21). The van der Waals surface area contributed by atoms with Gasteiger partial charge in [-0.05, 0) is 75.6 Å². The number of benzene rings is 1. The van der Waals surface area contributed by atoms with Gasteiger partial charge in [-0.1, -0.05) is 6.92 Å². The van der Waals surface area contributed by atoms with Crippen LogP contribution in [0.3, 0.4) is 0 Å². The Balaban J connectivity index is 2.07. The second kappa shape index (κ2) is 6.19. The van der Waals surface area contributed by atoms with Crippen LogP contribution < -0.4 is 4.74 Å². The molecule has 0 aliphatic carbocycles. The molecule has 0 bridgehead atoms. The van der Waals surface area contributed by atoms with Gasteiger partial charge >= 0.3 is 5.97 Å². The molecule has 1 aromatic rings. The summed E-state index contributed by atoms with van der Waals surface area (Å²) in [4.78, 5) is 10.9. The van der Waals surface area contributed by atoms with Crippen LogP contribution >= 0.6 is 0 Å². The molecular weight excluding hydrogens is 280 g/mol. The number of aliphatic carboxylic acids is 1. The van der Waals surface area contributed by atoms with Crippen molar-refractivity contribution in [3.8, 4) is 11.5 Å². The molecule has 122 valence electrons. The second-order valence-electron chi connectivity index (χ2n) is 6.82. The first-order valence-corrected chi connectivity index (χ1v) is 7.97. The van der Waals surface area contributed by atoms with Gasteiger partial charge in [0, 0.05) is 0 Å². The molecule has 1 aromatic carbocycles. The van der Waals surface area contributed by atoms with E-state index in [9.17, 15) is 9.90 Å². The Morgan fingerprint density at radius 1 is 1.41 bits per heavy atom. The van der Waals surface area contributed by atoms with Gasteiger partial charge in [0.2, 0.25) is 0 Å². The third kappa shape index (κ3) is 3.37. The van der Waals surface area contributed by atoms with Crippen LogP contribution in [0, 0.1) is 19.8 Å². The monoisotopic (exact) mass is 306 g/mol. The second-order valence-corrected chi connectivity index (χ2v) is 6.82. The van der Waals surface area contributed by atoms with E-state index in [1.54, 1.807) is 6.92 Å². The highest BCUT2D eigenvalue weighted by atomic mass is 16.5. The van der Waals surface area contributed by atoms with E-state index in [4.69, 9.17) is 9.84 Å². The normalized spacial score (nSPS) is 21.8. The van der Waals surface area contributed by atoms with Crippen LogP contribution in [-0.4, -0.2) is 21.8 Å². The predicted molar refractivity (Wildman–Crippen MR) is 85.6 cm³/mol. The Morgan fingerprint density at radius 3 is 2.73 bits per heavy atom. The molecule has 0 spiro atoms. The van der Waals surface area contributed by atoms with Crippen molar-refractivity contribution in [1.82, 2.24) is 0 Å². The summed E-state index contributed by atoms with van der Waals surface area (Å²) in [5.41, 5.74) is 2.68. The van der Waals surface area contributed by atoms with E-state index in [1.165, 1.54) is 0 Å². The van der Waals surface area contributed by atoms with Crippen molar-refractivity contribution in [2.75, 3.05) is 0 Å². The highest BCUT2D eigenvalue weighted by Gasteiger charge is 2.33. The van der Waals surface area contributed by atoms with E-state index in [0.717, 1.165) is 48.1 Å². The number of hydrogen-bond donors (Lipinski definition) is 2. The van der Waals surface area contributed by atoms with Gasteiger partial charge in [0.15, 0.2) is 0 Å². The lowest BCUT2D eigenvalue weighted by atomic mass is 9.86. The molecule has 4 nitrogen and oxygen atoms in total. The number of carboxylic acids is 1. The maximum Gasteiger partial charge on any atom is 0.306 e. The minimum Gasteiger partial charge on any atom is -0.508 e. The van der Waals surface area contributed by atoms with Crippen molar-refractivity contribution >= 4 is 5.97 Å². The number of phenolic OH excluding ortho intramolecular Hbond substituents is 1. The van der Waals surface area contributed by atoms with Crippen molar-refractivity contribution in [2.45, 2.75) is 65.4 Å². The van der Waals surface area contributed by atoms with E-state index in [0.29, 0.717) is 12.2 Å². The van der Waals surface area contributed by atoms with Gasteiger partial charge < -0.3 is 14.9 Å². The number of ether oxygens (including phenoxy) is 1. The fourth-order valence-corrected chi connectivity index (χ4v) is 3.05. The van der Waals surface area contributed by atoms with E-state index < -0.39 is 5.97 Å². The summed E-state index contributed by atoms with van der Waals surface area (Å²) in [6.07, 6.45) is 4.14. The Kier molecular flexibility index (Phi) is 4.69. The van der Waals surface area contributed by atoms with Gasteiger partial charge in [-0.3, -0.25) is 4.79 Å². The molecule has 1 aliphatic heterocycles. The summed E-state index contributed by atoms with van der Waals surface area (Å²) in [7, 11) is 0. The SMILES string of the molecule is Cc1c(O)cc2c(c1C)OC(C)(CCCC(C)C(=O)O)CC2. The van der Waals surface area contributed by atoms with Crippen LogP contribution in [0.5, 0.6) is 11.5 Å². The lowest BCUT2D eigenvalue weighted by Crippen LogP contribution is -2.36. The molecular formula is C18H26O4. The van der Waals surface area contributed by atoms with E-state index in [-0.39, 0.29) is 11.5 Å². The van der Waals surface area contributed by atoms with Crippen LogP contribution in [0.15, 0.2) is 6.07 Å². The maximum atomic E-state index is 10.9. The number of carboxylic acid groups (broad SMARTS) is 1. The number of rotatable bonds is 5. The summed E-state index contributed by atoms with van der Waals surface area (Å²) in [6, 6.07) is 1.81. The van der Waals surface area contributed by atoms with Crippen molar-refractivity contribution in [3.05, 3.63) is 22.8 Å². The highest BCUT2D eigenvalue weighted by Crippen LogP contribution is 2.41. The highest BCUT2D eigenvalue weighted by molar-refractivity contribution is 5.69. The smallest absolute Gasteiger partial charge is 0.306 e. The quantitative estimate of drug-likeness (QED) is 0.863. The predicted octanol–water partition coefficient (Wildman–Crippen LogP) is 3.98. The number of fused-ring (bicyclic) bond motifs is 1. The molecule has 1 aliphatic rings. The van der Waals surface area contributed by atoms with Crippen molar-refractivity contribution in [3.63, 3.8) is 0 Å². The summed E-state index contributed by atoms with van der Waals surface area (Å²) in [6.45, 7) is 7.72. The number of hydrogen-bond acceptors (Lipinski definition) is 3. The lowest BCUT2D eigenvalue weighted by molar-refractivity contribution is -0.141. The average molecular weight is 306 g/mol. The molecule has 4 heteroatoms. The Morgan fingerprint density at radius 2 is 2.09 bits per heavy atom. The third-order valence-electron chi connectivity index (χ3n) is 4.93. The summed E-state index contributed by atoms with van der Waals surface area (Å²) >= 11 is 0. The van der Waals surface area contributed by atoms with Crippen molar-refractivity contribution in [1.29, 1.82) is 0 Å². The molecule has 1 heterocycles. The molecule has 0 amide bonds. The lowest BCUT2D eigenvalue weighted by Gasteiger charge is -2.37. The molecule has 2 rings (SSSR count). The molecule has 0 fully saturated rings. The van der Waals surface area contributed by atoms with Gasteiger partial charge in [-0.25, -0.2) is 0 Å². The van der Waals surface area contributed by atoms with E-state index in [1.807, 2.05) is 19.9 Å². The Labute approximate surface area is 132 Å². The van der Waals surface area contributed by atoms with E-state index >= 15 is 0 Å². The first-order chi connectivity index (χ1) is 10.2. The van der Waals surface area contributed by atoms with Crippen LogP contribution in [0.1, 0.15) is 56.2 Å². The van der Waals surface area contributed by atoms with Gasteiger partial charge in [-0.15, -0.1) is 0 Å². The molecule has 0 aromatic heterocycles. The maximum absolute atomic E-state index is 10.9. The Hall–Kier alpha value is -1.71. The molecule has 2 atom stereocenters. The first kappa shape index (κ1) is 16.7. The third-order valence-corrected chi connectivity index (χ3v) is 4.93. The minimum atomic E-state index is -0.734. The molecule has 2 unspecified atom stereocenters. The number of aromatic hydroxyl groups is 1. The number of phenols is 1. The molecule has 22 heavy (non-hydrogen) atoms. The van der Waals surface area contributed by atoms with E-state index in [2.05, 4.69) is 6.92 Å². The molecule has 0 saturated heterocycles. The van der Waals surface area contributed by atoms with Gasteiger partial charge in [0.1, 0.15) is 17.1 Å². The summed E-state index contributed by atoms with van der Waals surface area (Å²) < 4.78 is 6.27. The van der Waals surface area contributed by atoms with Gasteiger partial charge in [0.25, 0.3) is 0 Å². The minimum absolute atomic E-state index is 0.251. The zero-order valence-electron chi connectivity index (χ0n) is 13.9.